The van der Waals surface area contributed by atoms with Crippen LogP contribution in [0.15, 0.2) is 24.3 Å². The third kappa shape index (κ3) is 7.76. The van der Waals surface area contributed by atoms with E-state index in [1.807, 2.05) is 45.3 Å². The van der Waals surface area contributed by atoms with E-state index in [0.717, 1.165) is 31.2 Å². The average Bonchev–Trinajstić information content (AvgIpc) is 3.76. The number of ketones is 1. The standard InChI is InChI=1S/C38H52OS4/c1-5-7-9-11-13-15-17-19-21-38(22-20-18-16-14-12-10-8-6-2)30-23-27(3)41-36(30)35-29(37(38)39)25-32(43-35)34-26-33-31(42-34)24-28(4)40-33/h23-26H,5-22H2,1-4H3. The van der Waals surface area contributed by atoms with Gasteiger partial charge in [-0.15, -0.1) is 45.3 Å². The van der Waals surface area contributed by atoms with Crippen molar-refractivity contribution in [2.45, 2.75) is 149 Å². The summed E-state index contributed by atoms with van der Waals surface area (Å²) in [7, 11) is 0. The molecule has 234 valence electrons. The molecule has 0 saturated heterocycles. The number of thiophene rings is 4. The summed E-state index contributed by atoms with van der Waals surface area (Å²) in [4.78, 5) is 22.8. The van der Waals surface area contributed by atoms with Crippen molar-refractivity contribution in [3.8, 4) is 19.5 Å². The van der Waals surface area contributed by atoms with Gasteiger partial charge in [0, 0.05) is 39.3 Å². The molecule has 0 amide bonds. The van der Waals surface area contributed by atoms with E-state index in [2.05, 4.69) is 52.0 Å². The van der Waals surface area contributed by atoms with Gasteiger partial charge in [0.1, 0.15) is 0 Å². The molecule has 0 fully saturated rings. The Labute approximate surface area is 277 Å². The second-order valence-electron chi connectivity index (χ2n) is 13.0. The zero-order valence-corrected chi connectivity index (χ0v) is 30.3. The third-order valence-electron chi connectivity index (χ3n) is 9.48. The molecule has 4 aromatic heterocycles. The number of Topliss-reactive ketones (excluding diaryl/α,β-unsaturated/α-hetero) is 1. The first-order valence-electron chi connectivity index (χ1n) is 17.3. The van der Waals surface area contributed by atoms with Gasteiger partial charge in [0.15, 0.2) is 5.78 Å². The molecule has 1 aliphatic carbocycles. The van der Waals surface area contributed by atoms with Gasteiger partial charge in [-0.05, 0) is 56.5 Å². The van der Waals surface area contributed by atoms with Crippen LogP contribution in [0.5, 0.6) is 0 Å². The number of hydrogen-bond donors (Lipinski definition) is 0. The molecular weight excluding hydrogens is 601 g/mol. The van der Waals surface area contributed by atoms with Crippen LogP contribution in [0.2, 0.25) is 0 Å². The van der Waals surface area contributed by atoms with Crippen LogP contribution in [0.1, 0.15) is 155 Å². The minimum Gasteiger partial charge on any atom is -0.293 e. The number of rotatable bonds is 19. The van der Waals surface area contributed by atoms with Crippen molar-refractivity contribution in [1.29, 1.82) is 0 Å². The highest BCUT2D eigenvalue weighted by atomic mass is 32.1. The fourth-order valence-corrected chi connectivity index (χ4v) is 11.9. The van der Waals surface area contributed by atoms with Crippen molar-refractivity contribution < 1.29 is 4.79 Å². The Balaban J connectivity index is 1.37. The highest BCUT2D eigenvalue weighted by Gasteiger charge is 2.47. The van der Waals surface area contributed by atoms with Crippen LogP contribution >= 0.6 is 45.3 Å². The van der Waals surface area contributed by atoms with Gasteiger partial charge in [0.05, 0.1) is 10.3 Å². The summed E-state index contributed by atoms with van der Waals surface area (Å²) >= 11 is 7.56. The number of carbonyl (C=O) groups is 1. The second kappa shape index (κ2) is 15.8. The maximum atomic E-state index is 14.8. The van der Waals surface area contributed by atoms with Gasteiger partial charge in [0.25, 0.3) is 0 Å². The van der Waals surface area contributed by atoms with Crippen molar-refractivity contribution in [3.63, 3.8) is 0 Å². The Hall–Kier alpha value is -1.27. The van der Waals surface area contributed by atoms with Crippen LogP contribution in [-0.2, 0) is 5.41 Å². The highest BCUT2D eigenvalue weighted by molar-refractivity contribution is 7.32. The molecule has 0 atom stereocenters. The quantitative estimate of drug-likeness (QED) is 0.0921. The molecular formula is C38H52OS4. The molecule has 0 aromatic carbocycles. The van der Waals surface area contributed by atoms with Crippen LogP contribution in [0.4, 0.5) is 0 Å². The van der Waals surface area contributed by atoms with Gasteiger partial charge in [0.2, 0.25) is 0 Å². The molecule has 0 bridgehead atoms. The van der Waals surface area contributed by atoms with E-state index in [1.54, 1.807) is 0 Å². The Kier molecular flexibility index (Phi) is 12.2. The molecule has 0 spiro atoms. The summed E-state index contributed by atoms with van der Waals surface area (Å²) in [5.74, 6) is 0.426. The number of fused-ring (bicyclic) bond motifs is 4. The molecule has 4 heterocycles. The van der Waals surface area contributed by atoms with Crippen LogP contribution in [-0.4, -0.2) is 5.78 Å². The van der Waals surface area contributed by atoms with Crippen LogP contribution in [0.3, 0.4) is 0 Å². The lowest BCUT2D eigenvalue weighted by atomic mass is 9.65. The van der Waals surface area contributed by atoms with E-state index in [9.17, 15) is 4.79 Å². The molecule has 0 radical (unpaired) electrons. The Morgan fingerprint density at radius 3 is 1.63 bits per heavy atom. The number of hydrogen-bond acceptors (Lipinski definition) is 5. The molecule has 43 heavy (non-hydrogen) atoms. The average molecular weight is 653 g/mol. The van der Waals surface area contributed by atoms with E-state index in [0.29, 0.717) is 5.78 Å². The molecule has 0 N–H and O–H groups in total. The van der Waals surface area contributed by atoms with Crippen LogP contribution < -0.4 is 0 Å². The lowest BCUT2D eigenvalue weighted by Crippen LogP contribution is -2.38. The normalized spacial score (nSPS) is 14.1. The van der Waals surface area contributed by atoms with Crippen molar-refractivity contribution in [1.82, 2.24) is 0 Å². The van der Waals surface area contributed by atoms with Crippen molar-refractivity contribution >= 4 is 60.5 Å². The first-order valence-corrected chi connectivity index (χ1v) is 20.5. The molecule has 5 heteroatoms. The smallest absolute Gasteiger partial charge is 0.174 e. The maximum Gasteiger partial charge on any atom is 0.174 e. The minimum atomic E-state index is -0.344. The van der Waals surface area contributed by atoms with Gasteiger partial charge in [-0.3, -0.25) is 4.79 Å². The topological polar surface area (TPSA) is 17.1 Å². The second-order valence-corrected chi connectivity index (χ2v) is 17.7. The first kappa shape index (κ1) is 33.1. The Morgan fingerprint density at radius 2 is 1.05 bits per heavy atom. The number of unbranched alkanes of at least 4 members (excludes halogenated alkanes) is 14. The molecule has 1 nitrogen and oxygen atoms in total. The summed E-state index contributed by atoms with van der Waals surface area (Å²) in [6.45, 7) is 9.02. The van der Waals surface area contributed by atoms with E-state index >= 15 is 0 Å². The Morgan fingerprint density at radius 1 is 0.535 bits per heavy atom. The van der Waals surface area contributed by atoms with E-state index in [1.165, 1.54) is 134 Å². The lowest BCUT2D eigenvalue weighted by molar-refractivity contribution is 0.0855. The van der Waals surface area contributed by atoms with Crippen LogP contribution in [0.25, 0.3) is 28.9 Å². The maximum absolute atomic E-state index is 14.8. The zero-order chi connectivity index (χ0) is 30.2. The van der Waals surface area contributed by atoms with Gasteiger partial charge in [-0.2, -0.15) is 0 Å². The molecule has 0 aliphatic heterocycles. The van der Waals surface area contributed by atoms with Gasteiger partial charge in [-0.1, -0.05) is 117 Å². The molecule has 4 aromatic rings. The van der Waals surface area contributed by atoms with Gasteiger partial charge >= 0.3 is 0 Å². The summed E-state index contributed by atoms with van der Waals surface area (Å²) in [5.41, 5.74) is 2.04. The monoisotopic (exact) mass is 652 g/mol. The van der Waals surface area contributed by atoms with E-state index < -0.39 is 0 Å². The number of carbonyl (C=O) groups excluding carboxylic acids is 1. The molecule has 0 saturated carbocycles. The summed E-state index contributed by atoms with van der Waals surface area (Å²) in [6.07, 6.45) is 23.0. The minimum absolute atomic E-state index is 0.344. The lowest BCUT2D eigenvalue weighted by Gasteiger charge is -2.36. The Bertz CT molecular complexity index is 1410. The van der Waals surface area contributed by atoms with Gasteiger partial charge < -0.3 is 0 Å². The van der Waals surface area contributed by atoms with Crippen LogP contribution in [0, 0.1) is 13.8 Å². The SMILES string of the molecule is CCCCCCCCCCC1(CCCCCCCCCC)C(=O)c2cc(-c3cc4sc(C)cc4s3)sc2-c2sc(C)cc21. The largest absolute Gasteiger partial charge is 0.293 e. The van der Waals surface area contributed by atoms with Crippen molar-refractivity contribution in [2.75, 3.05) is 0 Å². The summed E-state index contributed by atoms with van der Waals surface area (Å²) in [5, 5.41) is 0. The fraction of sp³-hybridized carbons (Fsp3) is 0.605. The van der Waals surface area contributed by atoms with E-state index in [4.69, 9.17) is 0 Å². The zero-order valence-electron chi connectivity index (χ0n) is 27.1. The number of aryl methyl sites for hydroxylation is 2. The first-order chi connectivity index (χ1) is 21.0. The fourth-order valence-electron chi connectivity index (χ4n) is 7.09. The highest BCUT2D eigenvalue weighted by Crippen LogP contribution is 2.56. The van der Waals surface area contributed by atoms with Crippen molar-refractivity contribution in [2.24, 2.45) is 0 Å². The van der Waals surface area contributed by atoms with Gasteiger partial charge in [-0.25, -0.2) is 0 Å². The molecule has 1 aliphatic rings. The predicted molar refractivity (Wildman–Crippen MR) is 196 cm³/mol. The van der Waals surface area contributed by atoms with E-state index in [-0.39, 0.29) is 5.41 Å². The third-order valence-corrected chi connectivity index (χ3v) is 14.2. The van der Waals surface area contributed by atoms with Crippen molar-refractivity contribution in [3.05, 3.63) is 45.1 Å². The molecule has 0 unspecified atom stereocenters. The summed E-state index contributed by atoms with van der Waals surface area (Å²) < 4.78 is 2.75. The predicted octanol–water partition coefficient (Wildman–Crippen LogP) is 14.5. The molecule has 5 rings (SSSR count). The summed E-state index contributed by atoms with van der Waals surface area (Å²) in [6, 6.07) is 9.35.